The lowest BCUT2D eigenvalue weighted by Gasteiger charge is -2.40. The minimum atomic E-state index is -0.0726. The minimum Gasteiger partial charge on any atom is -0.453 e. The van der Waals surface area contributed by atoms with Crippen molar-refractivity contribution >= 4 is 17.6 Å². The molecule has 3 heterocycles. The molecule has 3 unspecified atom stereocenters. The zero-order chi connectivity index (χ0) is 17.5. The van der Waals surface area contributed by atoms with Crippen molar-refractivity contribution in [3.05, 3.63) is 69.6 Å². The maximum atomic E-state index is 11.0. The van der Waals surface area contributed by atoms with Crippen LogP contribution in [0.2, 0.25) is 0 Å². The SMILES string of the molecule is O=Cc1ccc(-c2ccccc2C2OC3CCCCC3c3sccc32)o1. The summed E-state index contributed by atoms with van der Waals surface area (Å²) in [5, 5.41) is 2.19. The Morgan fingerprint density at radius 3 is 2.77 bits per heavy atom. The van der Waals surface area contributed by atoms with E-state index in [1.165, 1.54) is 29.7 Å². The quantitative estimate of drug-likeness (QED) is 0.538. The number of rotatable bonds is 3. The van der Waals surface area contributed by atoms with E-state index in [9.17, 15) is 4.79 Å². The summed E-state index contributed by atoms with van der Waals surface area (Å²) in [6, 6.07) is 14.0. The lowest BCUT2D eigenvalue weighted by atomic mass is 9.80. The molecule has 4 heteroatoms. The van der Waals surface area contributed by atoms with Gasteiger partial charge < -0.3 is 9.15 Å². The van der Waals surface area contributed by atoms with Crippen LogP contribution < -0.4 is 0 Å². The molecule has 1 aromatic carbocycles. The third kappa shape index (κ3) is 2.56. The number of furan rings is 1. The van der Waals surface area contributed by atoms with Gasteiger partial charge in [0.05, 0.1) is 6.10 Å². The van der Waals surface area contributed by atoms with Crippen molar-refractivity contribution in [3.63, 3.8) is 0 Å². The van der Waals surface area contributed by atoms with Crippen molar-refractivity contribution in [1.82, 2.24) is 0 Å². The molecular weight excluding hydrogens is 344 g/mol. The molecule has 5 rings (SSSR count). The lowest BCUT2D eigenvalue weighted by Crippen LogP contribution is -2.32. The molecule has 2 aromatic heterocycles. The van der Waals surface area contributed by atoms with Crippen molar-refractivity contribution in [3.8, 4) is 11.3 Å². The molecule has 0 spiro atoms. The maximum Gasteiger partial charge on any atom is 0.185 e. The number of carbonyl (C=O) groups excluding carboxylic acids is 1. The fourth-order valence-corrected chi connectivity index (χ4v) is 5.53. The molecule has 0 radical (unpaired) electrons. The molecule has 0 bridgehead atoms. The molecule has 1 saturated carbocycles. The summed E-state index contributed by atoms with van der Waals surface area (Å²) in [5.74, 6) is 1.62. The van der Waals surface area contributed by atoms with E-state index in [2.05, 4.69) is 17.5 Å². The second kappa shape index (κ2) is 6.53. The fraction of sp³-hybridized carbons (Fsp3) is 0.318. The highest BCUT2D eigenvalue weighted by atomic mass is 32.1. The first kappa shape index (κ1) is 16.0. The molecule has 132 valence electrons. The molecular formula is C22H20O3S. The van der Waals surface area contributed by atoms with Crippen LogP contribution in [0.5, 0.6) is 0 Å². The van der Waals surface area contributed by atoms with Crippen molar-refractivity contribution in [2.75, 3.05) is 0 Å². The maximum absolute atomic E-state index is 11.0. The molecule has 1 fully saturated rings. The molecule has 2 aliphatic rings. The van der Waals surface area contributed by atoms with Gasteiger partial charge in [-0.3, -0.25) is 4.79 Å². The summed E-state index contributed by atoms with van der Waals surface area (Å²) < 4.78 is 12.4. The number of ether oxygens (including phenoxy) is 1. The average molecular weight is 364 g/mol. The summed E-state index contributed by atoms with van der Waals surface area (Å²) in [6.07, 6.45) is 5.88. The van der Waals surface area contributed by atoms with Crippen LogP contribution in [0, 0.1) is 0 Å². The third-order valence-electron chi connectivity index (χ3n) is 5.61. The van der Waals surface area contributed by atoms with Gasteiger partial charge in [0.1, 0.15) is 11.9 Å². The standard InChI is InChI=1S/C22H20O3S/c23-13-14-9-10-20(24-14)15-5-1-2-6-16(15)21-18-11-12-26-22(18)17-7-3-4-8-19(17)25-21/h1-2,5-6,9-13,17,19,21H,3-4,7-8H2. The van der Waals surface area contributed by atoms with Crippen LogP contribution in [-0.4, -0.2) is 12.4 Å². The average Bonchev–Trinajstić information content (AvgIpc) is 3.37. The van der Waals surface area contributed by atoms with E-state index in [1.807, 2.05) is 35.6 Å². The molecule has 1 aliphatic heterocycles. The lowest BCUT2D eigenvalue weighted by molar-refractivity contribution is -0.0372. The van der Waals surface area contributed by atoms with Crippen LogP contribution in [0.15, 0.2) is 52.3 Å². The van der Waals surface area contributed by atoms with Crippen molar-refractivity contribution in [2.45, 2.75) is 43.8 Å². The van der Waals surface area contributed by atoms with Crippen LogP contribution in [0.1, 0.15) is 64.3 Å². The summed E-state index contributed by atoms with van der Waals surface area (Å²) in [4.78, 5) is 12.5. The number of benzene rings is 1. The van der Waals surface area contributed by atoms with E-state index in [0.29, 0.717) is 23.5 Å². The monoisotopic (exact) mass is 364 g/mol. The molecule has 26 heavy (non-hydrogen) atoms. The molecule has 3 nitrogen and oxygen atoms in total. The zero-order valence-electron chi connectivity index (χ0n) is 14.4. The van der Waals surface area contributed by atoms with Gasteiger partial charge in [0.2, 0.25) is 0 Å². The van der Waals surface area contributed by atoms with Gasteiger partial charge >= 0.3 is 0 Å². The van der Waals surface area contributed by atoms with Gasteiger partial charge in [-0.25, -0.2) is 0 Å². The van der Waals surface area contributed by atoms with E-state index in [4.69, 9.17) is 9.15 Å². The van der Waals surface area contributed by atoms with E-state index >= 15 is 0 Å². The van der Waals surface area contributed by atoms with Crippen molar-refractivity contribution < 1.29 is 13.9 Å². The summed E-state index contributed by atoms with van der Waals surface area (Å²) >= 11 is 1.87. The van der Waals surface area contributed by atoms with Gasteiger partial charge in [-0.1, -0.05) is 37.1 Å². The van der Waals surface area contributed by atoms with Crippen LogP contribution >= 0.6 is 11.3 Å². The second-order valence-corrected chi connectivity index (χ2v) is 8.04. The largest absolute Gasteiger partial charge is 0.453 e. The van der Waals surface area contributed by atoms with Gasteiger partial charge in [0, 0.05) is 16.4 Å². The van der Waals surface area contributed by atoms with Gasteiger partial charge in [0.25, 0.3) is 0 Å². The Balaban J connectivity index is 1.61. The normalized spacial score (nSPS) is 24.7. The van der Waals surface area contributed by atoms with E-state index in [0.717, 1.165) is 23.8 Å². The smallest absolute Gasteiger partial charge is 0.185 e. The predicted molar refractivity (Wildman–Crippen MR) is 102 cm³/mol. The zero-order valence-corrected chi connectivity index (χ0v) is 15.2. The number of aldehydes is 1. The molecule has 0 amide bonds. The van der Waals surface area contributed by atoms with Crippen molar-refractivity contribution in [1.29, 1.82) is 0 Å². The Labute approximate surface area is 156 Å². The highest BCUT2D eigenvalue weighted by molar-refractivity contribution is 7.10. The van der Waals surface area contributed by atoms with Gasteiger partial charge in [0.15, 0.2) is 12.0 Å². The van der Waals surface area contributed by atoms with Crippen LogP contribution in [-0.2, 0) is 4.74 Å². The predicted octanol–water partition coefficient (Wildman–Crippen LogP) is 5.97. The number of thiophene rings is 1. The minimum absolute atomic E-state index is 0.0726. The first-order valence-electron chi connectivity index (χ1n) is 9.22. The van der Waals surface area contributed by atoms with Gasteiger partial charge in [-0.05, 0) is 47.5 Å². The van der Waals surface area contributed by atoms with Gasteiger partial charge in [-0.15, -0.1) is 11.3 Å². The Bertz CT molecular complexity index is 938. The highest BCUT2D eigenvalue weighted by Crippen LogP contribution is 2.50. The Kier molecular flexibility index (Phi) is 4.03. The molecule has 0 N–H and O–H groups in total. The number of hydrogen-bond donors (Lipinski definition) is 0. The Morgan fingerprint density at radius 1 is 1.00 bits per heavy atom. The first-order chi connectivity index (χ1) is 12.8. The van der Waals surface area contributed by atoms with E-state index < -0.39 is 0 Å². The summed E-state index contributed by atoms with van der Waals surface area (Å²) in [5.41, 5.74) is 3.41. The molecule has 3 aromatic rings. The third-order valence-corrected chi connectivity index (χ3v) is 6.68. The van der Waals surface area contributed by atoms with Crippen LogP contribution in [0.4, 0.5) is 0 Å². The number of fused-ring (bicyclic) bond motifs is 3. The first-order valence-corrected chi connectivity index (χ1v) is 10.1. The Morgan fingerprint density at radius 2 is 1.88 bits per heavy atom. The second-order valence-electron chi connectivity index (χ2n) is 7.09. The fourth-order valence-electron chi connectivity index (χ4n) is 4.41. The van der Waals surface area contributed by atoms with E-state index in [-0.39, 0.29) is 6.10 Å². The van der Waals surface area contributed by atoms with Crippen LogP contribution in [0.3, 0.4) is 0 Å². The molecule has 0 saturated heterocycles. The molecule has 1 aliphatic carbocycles. The molecule has 3 atom stereocenters. The Hall–Kier alpha value is -2.17. The van der Waals surface area contributed by atoms with Crippen molar-refractivity contribution in [2.24, 2.45) is 0 Å². The highest BCUT2D eigenvalue weighted by Gasteiger charge is 2.39. The summed E-state index contributed by atoms with van der Waals surface area (Å²) in [7, 11) is 0. The topological polar surface area (TPSA) is 39.4 Å². The van der Waals surface area contributed by atoms with Crippen LogP contribution in [0.25, 0.3) is 11.3 Å². The summed E-state index contributed by atoms with van der Waals surface area (Å²) in [6.45, 7) is 0. The number of carbonyl (C=O) groups is 1. The number of hydrogen-bond acceptors (Lipinski definition) is 4. The van der Waals surface area contributed by atoms with E-state index in [1.54, 1.807) is 6.07 Å². The van der Waals surface area contributed by atoms with Gasteiger partial charge in [-0.2, -0.15) is 0 Å².